The van der Waals surface area contributed by atoms with E-state index in [1.54, 1.807) is 19.1 Å². The number of nitrogens with two attached hydrogens (primary N) is 1. The number of hydrogen-bond acceptors (Lipinski definition) is 4. The van der Waals surface area contributed by atoms with E-state index in [9.17, 15) is 4.79 Å². The Morgan fingerprint density at radius 1 is 1.23 bits per heavy atom. The van der Waals surface area contributed by atoms with Crippen LogP contribution in [0.5, 0.6) is 11.5 Å². The third-order valence-electron chi connectivity index (χ3n) is 3.09. The number of carbonyl (C=O) groups excluding carboxylic acids is 1. The minimum Gasteiger partial charge on any atom is -0.490 e. The zero-order chi connectivity index (χ0) is 16.0. The van der Waals surface area contributed by atoms with E-state index in [1.165, 1.54) is 0 Å². The normalized spacial score (nSPS) is 12.8. The van der Waals surface area contributed by atoms with Crippen molar-refractivity contribution in [3.63, 3.8) is 0 Å². The molecule has 1 aromatic carbocycles. The average Bonchev–Trinajstić information content (AvgIpc) is 2.43. The van der Waals surface area contributed by atoms with Gasteiger partial charge in [0.05, 0.1) is 24.8 Å². The van der Waals surface area contributed by atoms with Gasteiger partial charge in [-0.2, -0.15) is 0 Å². The van der Waals surface area contributed by atoms with Crippen molar-refractivity contribution in [3.05, 3.63) is 16.6 Å². The van der Waals surface area contributed by atoms with Gasteiger partial charge in [0.2, 0.25) is 5.91 Å². The Balaban J connectivity index is 0.00000441. The quantitative estimate of drug-likeness (QED) is 0.740. The van der Waals surface area contributed by atoms with Crippen LogP contribution in [-0.2, 0) is 4.79 Å². The van der Waals surface area contributed by atoms with Gasteiger partial charge in [-0.3, -0.25) is 4.79 Å². The van der Waals surface area contributed by atoms with Crippen molar-refractivity contribution >= 4 is 39.9 Å². The summed E-state index contributed by atoms with van der Waals surface area (Å²) in [6, 6.07) is 3.34. The van der Waals surface area contributed by atoms with Crippen LogP contribution in [0.3, 0.4) is 0 Å². The van der Waals surface area contributed by atoms with Crippen molar-refractivity contribution in [2.75, 3.05) is 18.5 Å². The van der Waals surface area contributed by atoms with Crippen molar-refractivity contribution in [3.8, 4) is 11.5 Å². The van der Waals surface area contributed by atoms with E-state index in [2.05, 4.69) is 21.2 Å². The molecule has 0 aliphatic rings. The highest BCUT2D eigenvalue weighted by molar-refractivity contribution is 9.10. The fourth-order valence-electron chi connectivity index (χ4n) is 1.65. The molecule has 1 aromatic rings. The largest absolute Gasteiger partial charge is 0.490 e. The number of nitrogens with one attached hydrogen (secondary N) is 1. The molecule has 2 unspecified atom stereocenters. The molecule has 126 valence electrons. The summed E-state index contributed by atoms with van der Waals surface area (Å²) in [6.45, 7) is 8.47. The topological polar surface area (TPSA) is 73.6 Å². The molecule has 0 aliphatic heterocycles. The maximum absolute atomic E-state index is 12.1. The Bertz CT molecular complexity index is 498. The number of hydrogen-bond donors (Lipinski definition) is 2. The van der Waals surface area contributed by atoms with Gasteiger partial charge < -0.3 is 20.5 Å². The smallest absolute Gasteiger partial charge is 0.228 e. The molecule has 0 bridgehead atoms. The van der Waals surface area contributed by atoms with Crippen LogP contribution in [0.1, 0.15) is 27.7 Å². The fraction of sp³-hybridized carbons (Fsp3) is 0.533. The Morgan fingerprint density at radius 3 is 2.18 bits per heavy atom. The van der Waals surface area contributed by atoms with Crippen molar-refractivity contribution in [2.45, 2.75) is 33.7 Å². The van der Waals surface area contributed by atoms with Crippen molar-refractivity contribution in [1.82, 2.24) is 0 Å². The van der Waals surface area contributed by atoms with Crippen LogP contribution in [0.2, 0.25) is 0 Å². The predicted molar refractivity (Wildman–Crippen MR) is 95.2 cm³/mol. The van der Waals surface area contributed by atoms with Gasteiger partial charge in [0.15, 0.2) is 11.5 Å². The van der Waals surface area contributed by atoms with Gasteiger partial charge in [0.25, 0.3) is 0 Å². The van der Waals surface area contributed by atoms with Crippen LogP contribution in [0.4, 0.5) is 5.69 Å². The lowest BCUT2D eigenvalue weighted by molar-refractivity contribution is -0.119. The van der Waals surface area contributed by atoms with Crippen LogP contribution in [0.15, 0.2) is 16.6 Å². The molecule has 22 heavy (non-hydrogen) atoms. The van der Waals surface area contributed by atoms with Gasteiger partial charge in [-0.1, -0.05) is 6.92 Å². The number of anilines is 1. The lowest BCUT2D eigenvalue weighted by Crippen LogP contribution is -2.34. The lowest BCUT2D eigenvalue weighted by atomic mass is 10.0. The van der Waals surface area contributed by atoms with Crippen molar-refractivity contribution < 1.29 is 14.3 Å². The summed E-state index contributed by atoms with van der Waals surface area (Å²) in [7, 11) is 0. The molecule has 0 fully saturated rings. The summed E-state index contributed by atoms with van der Waals surface area (Å²) >= 11 is 3.44. The molecule has 0 radical (unpaired) electrons. The first-order chi connectivity index (χ1) is 9.90. The van der Waals surface area contributed by atoms with Gasteiger partial charge in [0, 0.05) is 22.6 Å². The third kappa shape index (κ3) is 5.66. The second kappa shape index (κ2) is 9.92. The molecule has 2 atom stereocenters. The van der Waals surface area contributed by atoms with Crippen LogP contribution in [0.25, 0.3) is 0 Å². The van der Waals surface area contributed by atoms with Crippen LogP contribution < -0.4 is 20.5 Å². The summed E-state index contributed by atoms with van der Waals surface area (Å²) in [5, 5.41) is 2.86. The number of benzene rings is 1. The molecule has 3 N–H and O–H groups in total. The minimum absolute atomic E-state index is 0. The zero-order valence-electron chi connectivity index (χ0n) is 13.3. The molecule has 5 nitrogen and oxygen atoms in total. The SMILES string of the molecule is CCOc1cc(Br)c(NC(=O)C(C)C(C)N)cc1OCC.Cl. The van der Waals surface area contributed by atoms with Crippen molar-refractivity contribution in [2.24, 2.45) is 11.7 Å². The van der Waals surface area contributed by atoms with Gasteiger partial charge >= 0.3 is 0 Å². The maximum atomic E-state index is 12.1. The highest BCUT2D eigenvalue weighted by Gasteiger charge is 2.19. The van der Waals surface area contributed by atoms with Gasteiger partial charge in [-0.25, -0.2) is 0 Å². The van der Waals surface area contributed by atoms with Crippen LogP contribution in [-0.4, -0.2) is 25.2 Å². The first-order valence-corrected chi connectivity index (χ1v) is 7.85. The van der Waals surface area contributed by atoms with E-state index >= 15 is 0 Å². The summed E-state index contributed by atoms with van der Waals surface area (Å²) in [4.78, 5) is 12.1. The molecule has 1 rings (SSSR count). The number of halogens is 2. The minimum atomic E-state index is -0.279. The Hall–Kier alpha value is -0.980. The number of carbonyl (C=O) groups is 1. The van der Waals surface area contributed by atoms with Crippen LogP contribution >= 0.6 is 28.3 Å². The van der Waals surface area contributed by atoms with E-state index in [1.807, 2.05) is 20.8 Å². The number of rotatable bonds is 7. The molecule has 0 saturated carbocycles. The predicted octanol–water partition coefficient (Wildman–Crippen LogP) is 3.59. The van der Waals surface area contributed by atoms with Crippen molar-refractivity contribution in [1.29, 1.82) is 0 Å². The second-order valence-electron chi connectivity index (χ2n) is 4.78. The standard InChI is InChI=1S/C15H23BrN2O3.ClH/c1-5-20-13-7-11(16)12(8-14(13)21-6-2)18-15(19)9(3)10(4)17;/h7-10H,5-6,17H2,1-4H3,(H,18,19);1H. The zero-order valence-corrected chi connectivity index (χ0v) is 15.7. The van der Waals surface area contributed by atoms with E-state index in [4.69, 9.17) is 15.2 Å². The first kappa shape index (κ1) is 21.0. The molecular formula is C15H24BrClN2O3. The molecule has 0 heterocycles. The molecule has 1 amide bonds. The molecule has 0 aromatic heterocycles. The average molecular weight is 396 g/mol. The fourth-order valence-corrected chi connectivity index (χ4v) is 2.07. The van der Waals surface area contributed by atoms with Gasteiger partial charge in [0.1, 0.15) is 0 Å². The summed E-state index contributed by atoms with van der Waals surface area (Å²) in [6.07, 6.45) is 0. The van der Waals surface area contributed by atoms with E-state index in [0.29, 0.717) is 30.4 Å². The molecular weight excluding hydrogens is 372 g/mol. The Kier molecular flexibility index (Phi) is 9.48. The third-order valence-corrected chi connectivity index (χ3v) is 3.75. The summed E-state index contributed by atoms with van der Waals surface area (Å²) < 4.78 is 11.8. The molecule has 0 spiro atoms. The summed E-state index contributed by atoms with van der Waals surface area (Å²) in [5.41, 5.74) is 6.39. The Morgan fingerprint density at radius 2 is 1.73 bits per heavy atom. The molecule has 0 saturated heterocycles. The Labute approximate surface area is 146 Å². The monoisotopic (exact) mass is 394 g/mol. The first-order valence-electron chi connectivity index (χ1n) is 7.06. The van der Waals surface area contributed by atoms with E-state index in [-0.39, 0.29) is 30.3 Å². The van der Waals surface area contributed by atoms with Gasteiger partial charge in [-0.05, 0) is 36.7 Å². The lowest BCUT2D eigenvalue weighted by Gasteiger charge is -2.18. The summed E-state index contributed by atoms with van der Waals surface area (Å²) in [5.74, 6) is 0.840. The van der Waals surface area contributed by atoms with E-state index < -0.39 is 0 Å². The molecule has 7 heteroatoms. The maximum Gasteiger partial charge on any atom is 0.228 e. The van der Waals surface area contributed by atoms with E-state index in [0.717, 1.165) is 4.47 Å². The highest BCUT2D eigenvalue weighted by Crippen LogP contribution is 2.37. The number of ether oxygens (including phenoxy) is 2. The highest BCUT2D eigenvalue weighted by atomic mass is 79.9. The van der Waals surface area contributed by atoms with Crippen LogP contribution in [0, 0.1) is 5.92 Å². The second-order valence-corrected chi connectivity index (χ2v) is 5.64. The van der Waals surface area contributed by atoms with Gasteiger partial charge in [-0.15, -0.1) is 12.4 Å². The molecule has 0 aliphatic carbocycles. The number of amides is 1.